The standard InChI is InChI=1S/C15H18FN3O2/c1-20-14-8-11(5-6-13(14)18-16)12-9-17-19(10-12)15-4-2-3-7-21-15/h5-6,8-10,15,18H,2-4,7H2,1H3. The Hall–Kier alpha value is -2.08. The zero-order chi connectivity index (χ0) is 14.7. The molecule has 112 valence electrons. The van der Waals surface area contributed by atoms with E-state index in [1.807, 2.05) is 16.9 Å². The number of benzene rings is 1. The van der Waals surface area contributed by atoms with Gasteiger partial charge in [0.1, 0.15) is 17.7 Å². The molecule has 0 amide bonds. The molecule has 1 N–H and O–H groups in total. The minimum Gasteiger partial charge on any atom is -0.494 e. The van der Waals surface area contributed by atoms with Crippen LogP contribution in [0.5, 0.6) is 5.75 Å². The number of rotatable bonds is 4. The molecule has 1 fully saturated rings. The fraction of sp³-hybridized carbons (Fsp3) is 0.400. The minimum absolute atomic E-state index is 0.0150. The fourth-order valence-corrected chi connectivity index (χ4v) is 2.53. The molecule has 1 saturated heterocycles. The number of ether oxygens (including phenoxy) is 2. The molecule has 1 aliphatic rings. The van der Waals surface area contributed by atoms with Gasteiger partial charge < -0.3 is 9.47 Å². The van der Waals surface area contributed by atoms with E-state index in [2.05, 4.69) is 5.10 Å². The zero-order valence-corrected chi connectivity index (χ0v) is 11.9. The molecule has 1 atom stereocenters. The molecular weight excluding hydrogens is 273 g/mol. The maximum atomic E-state index is 12.6. The van der Waals surface area contributed by atoms with Crippen LogP contribution in [0.25, 0.3) is 11.1 Å². The molecule has 0 saturated carbocycles. The van der Waals surface area contributed by atoms with E-state index in [1.54, 1.807) is 23.9 Å². The van der Waals surface area contributed by atoms with E-state index in [-0.39, 0.29) is 6.23 Å². The minimum atomic E-state index is 0.0150. The van der Waals surface area contributed by atoms with Crippen molar-refractivity contribution in [3.8, 4) is 16.9 Å². The van der Waals surface area contributed by atoms with Gasteiger partial charge in [-0.2, -0.15) is 5.10 Å². The topological polar surface area (TPSA) is 48.3 Å². The predicted molar refractivity (Wildman–Crippen MR) is 77.8 cm³/mol. The first-order chi connectivity index (χ1) is 10.3. The van der Waals surface area contributed by atoms with Gasteiger partial charge in [0.05, 0.1) is 13.3 Å². The van der Waals surface area contributed by atoms with Crippen molar-refractivity contribution in [1.29, 1.82) is 0 Å². The third kappa shape index (κ3) is 2.85. The van der Waals surface area contributed by atoms with Crippen molar-refractivity contribution in [3.63, 3.8) is 0 Å². The van der Waals surface area contributed by atoms with Crippen LogP contribution in [0.3, 0.4) is 0 Å². The number of hydrogen-bond donors (Lipinski definition) is 1. The molecule has 1 aliphatic heterocycles. The van der Waals surface area contributed by atoms with Crippen molar-refractivity contribution >= 4 is 5.69 Å². The van der Waals surface area contributed by atoms with Crippen LogP contribution < -0.4 is 10.3 Å². The first kappa shape index (κ1) is 13.9. The molecule has 1 aromatic carbocycles. The largest absolute Gasteiger partial charge is 0.494 e. The van der Waals surface area contributed by atoms with Crippen LogP contribution in [0.15, 0.2) is 30.6 Å². The summed E-state index contributed by atoms with van der Waals surface area (Å²) in [5.74, 6) is 0.455. The van der Waals surface area contributed by atoms with Gasteiger partial charge >= 0.3 is 0 Å². The van der Waals surface area contributed by atoms with Gasteiger partial charge in [-0.15, -0.1) is 4.48 Å². The van der Waals surface area contributed by atoms with Crippen molar-refractivity contribution in [2.24, 2.45) is 0 Å². The monoisotopic (exact) mass is 291 g/mol. The Labute approximate surface area is 122 Å². The molecule has 1 aromatic heterocycles. The van der Waals surface area contributed by atoms with Gasteiger partial charge in [0.15, 0.2) is 0 Å². The first-order valence-electron chi connectivity index (χ1n) is 7.02. The Balaban J connectivity index is 1.85. The molecule has 2 aromatic rings. The van der Waals surface area contributed by atoms with Gasteiger partial charge in [-0.25, -0.2) is 10.2 Å². The molecular formula is C15H18FN3O2. The lowest BCUT2D eigenvalue weighted by Crippen LogP contribution is -2.18. The number of nitrogens with zero attached hydrogens (tertiary/aromatic N) is 2. The van der Waals surface area contributed by atoms with E-state index < -0.39 is 0 Å². The van der Waals surface area contributed by atoms with E-state index in [9.17, 15) is 4.48 Å². The third-order valence-electron chi connectivity index (χ3n) is 3.69. The summed E-state index contributed by atoms with van der Waals surface area (Å²) in [6, 6.07) is 5.25. The van der Waals surface area contributed by atoms with E-state index >= 15 is 0 Å². The van der Waals surface area contributed by atoms with E-state index in [1.165, 1.54) is 7.11 Å². The average Bonchev–Trinajstić information content (AvgIpc) is 3.05. The van der Waals surface area contributed by atoms with E-state index in [0.717, 1.165) is 37.0 Å². The maximum Gasteiger partial charge on any atom is 0.150 e. The highest BCUT2D eigenvalue weighted by Crippen LogP contribution is 2.31. The lowest BCUT2D eigenvalue weighted by atomic mass is 10.1. The Bertz CT molecular complexity index is 609. The Morgan fingerprint density at radius 2 is 2.29 bits per heavy atom. The summed E-state index contributed by atoms with van der Waals surface area (Å²) in [6.45, 7) is 0.782. The zero-order valence-electron chi connectivity index (χ0n) is 11.9. The second kappa shape index (κ2) is 6.13. The predicted octanol–water partition coefficient (Wildman–Crippen LogP) is 3.55. The molecule has 6 heteroatoms. The molecule has 0 bridgehead atoms. The summed E-state index contributed by atoms with van der Waals surface area (Å²) in [7, 11) is 1.51. The molecule has 0 aliphatic carbocycles. The van der Waals surface area contributed by atoms with Crippen LogP contribution in [0, 0.1) is 0 Å². The molecule has 3 rings (SSSR count). The number of nitrogens with one attached hydrogen (secondary N) is 1. The highest BCUT2D eigenvalue weighted by molar-refractivity contribution is 5.69. The van der Waals surface area contributed by atoms with Gasteiger partial charge in [-0.1, -0.05) is 6.07 Å². The second-order valence-corrected chi connectivity index (χ2v) is 5.04. The summed E-state index contributed by atoms with van der Waals surface area (Å²) < 4.78 is 25.3. The second-order valence-electron chi connectivity index (χ2n) is 5.04. The Morgan fingerprint density at radius 3 is 3.00 bits per heavy atom. The van der Waals surface area contributed by atoms with E-state index in [0.29, 0.717) is 11.4 Å². The van der Waals surface area contributed by atoms with Gasteiger partial charge in [-0.05, 0) is 37.0 Å². The van der Waals surface area contributed by atoms with Gasteiger partial charge in [0.2, 0.25) is 0 Å². The van der Waals surface area contributed by atoms with Gasteiger partial charge in [-0.3, -0.25) is 0 Å². The molecule has 5 nitrogen and oxygen atoms in total. The van der Waals surface area contributed by atoms with Crippen LogP contribution in [0.4, 0.5) is 10.2 Å². The lowest BCUT2D eigenvalue weighted by molar-refractivity contribution is -0.0394. The normalized spacial score (nSPS) is 18.5. The highest BCUT2D eigenvalue weighted by atomic mass is 19.2. The van der Waals surface area contributed by atoms with Crippen LogP contribution in [-0.4, -0.2) is 23.5 Å². The Kier molecular flexibility index (Phi) is 4.06. The van der Waals surface area contributed by atoms with Gasteiger partial charge in [0.25, 0.3) is 0 Å². The van der Waals surface area contributed by atoms with Crippen LogP contribution >= 0.6 is 0 Å². The van der Waals surface area contributed by atoms with Crippen molar-refractivity contribution in [2.75, 3.05) is 19.3 Å². The summed E-state index contributed by atoms with van der Waals surface area (Å²) in [5.41, 5.74) is 3.80. The summed E-state index contributed by atoms with van der Waals surface area (Å²) in [5, 5.41) is 4.38. The average molecular weight is 291 g/mol. The first-order valence-corrected chi connectivity index (χ1v) is 7.02. The summed E-state index contributed by atoms with van der Waals surface area (Å²) >= 11 is 0. The maximum absolute atomic E-state index is 12.6. The van der Waals surface area contributed by atoms with Crippen molar-refractivity contribution in [1.82, 2.24) is 9.78 Å². The number of halogens is 1. The third-order valence-corrected chi connectivity index (χ3v) is 3.69. The number of hydrogen-bond acceptors (Lipinski definition) is 4. The molecule has 21 heavy (non-hydrogen) atoms. The molecule has 0 radical (unpaired) electrons. The quantitative estimate of drug-likeness (QED) is 0.875. The molecule has 0 spiro atoms. The van der Waals surface area contributed by atoms with E-state index in [4.69, 9.17) is 9.47 Å². The molecule has 1 unspecified atom stereocenters. The smallest absolute Gasteiger partial charge is 0.150 e. The SMILES string of the molecule is COc1cc(-c2cnn(C3CCCCO3)c2)ccc1NF. The molecule has 2 heterocycles. The number of anilines is 1. The van der Waals surface area contributed by atoms with Crippen LogP contribution in [0.2, 0.25) is 0 Å². The highest BCUT2D eigenvalue weighted by Gasteiger charge is 2.17. The van der Waals surface area contributed by atoms with Crippen LogP contribution in [-0.2, 0) is 4.74 Å². The fourth-order valence-electron chi connectivity index (χ4n) is 2.53. The lowest BCUT2D eigenvalue weighted by Gasteiger charge is -2.22. The van der Waals surface area contributed by atoms with Crippen molar-refractivity contribution < 1.29 is 14.0 Å². The number of aromatic nitrogens is 2. The van der Waals surface area contributed by atoms with Crippen molar-refractivity contribution in [3.05, 3.63) is 30.6 Å². The number of methoxy groups -OCH3 is 1. The van der Waals surface area contributed by atoms with Gasteiger partial charge in [0, 0.05) is 18.4 Å². The summed E-state index contributed by atoms with van der Waals surface area (Å²) in [4.78, 5) is 0. The van der Waals surface area contributed by atoms with Crippen LogP contribution in [0.1, 0.15) is 25.5 Å². The van der Waals surface area contributed by atoms with Crippen molar-refractivity contribution in [2.45, 2.75) is 25.5 Å². The summed E-state index contributed by atoms with van der Waals surface area (Å²) in [6.07, 6.45) is 7.00. The Morgan fingerprint density at radius 1 is 1.38 bits per heavy atom.